The lowest BCUT2D eigenvalue weighted by Gasteiger charge is -2.27. The molecule has 3 heterocycles. The zero-order valence-electron chi connectivity index (χ0n) is 20.4. The number of anilines is 1. The van der Waals surface area contributed by atoms with Gasteiger partial charge in [-0.2, -0.15) is 0 Å². The minimum atomic E-state index is -3.81. The van der Waals surface area contributed by atoms with Gasteiger partial charge in [0.2, 0.25) is 5.91 Å². The maximum absolute atomic E-state index is 13.3. The number of piperidine rings is 1. The van der Waals surface area contributed by atoms with Crippen molar-refractivity contribution in [1.29, 1.82) is 0 Å². The Morgan fingerprint density at radius 1 is 1.05 bits per heavy atom. The fourth-order valence-corrected chi connectivity index (χ4v) is 5.70. The third-order valence-corrected chi connectivity index (χ3v) is 8.01. The number of ether oxygens (including phenoxy) is 1. The molecule has 0 bridgehead atoms. The van der Waals surface area contributed by atoms with Crippen LogP contribution >= 0.6 is 0 Å². The number of benzene rings is 1. The second-order valence-electron chi connectivity index (χ2n) is 9.34. The van der Waals surface area contributed by atoms with E-state index in [0.717, 1.165) is 25.9 Å². The molecule has 12 heteroatoms. The third kappa shape index (κ3) is 7.78. The van der Waals surface area contributed by atoms with Crippen LogP contribution in [0.4, 0.5) is 10.1 Å². The van der Waals surface area contributed by atoms with Crippen LogP contribution in [0.5, 0.6) is 0 Å². The van der Waals surface area contributed by atoms with Crippen molar-refractivity contribution in [3.05, 3.63) is 54.0 Å². The van der Waals surface area contributed by atoms with Crippen LogP contribution in [0.2, 0.25) is 0 Å². The number of aromatic nitrogens is 1. The number of carbonyl (C=O) groups is 2. The smallest absolute Gasteiger partial charge is 0.258 e. The molecular formula is C25H32FN5O5S. The van der Waals surface area contributed by atoms with E-state index in [1.165, 1.54) is 42.6 Å². The number of nitrogens with zero attached hydrogens (tertiary/aromatic N) is 1. The van der Waals surface area contributed by atoms with E-state index in [4.69, 9.17) is 4.74 Å². The summed E-state index contributed by atoms with van der Waals surface area (Å²) in [6.45, 7) is 2.68. The normalized spacial score (nSPS) is 18.2. The molecule has 2 saturated heterocycles. The molecule has 2 aliphatic rings. The number of rotatable bonds is 9. The minimum Gasteiger partial charge on any atom is -0.381 e. The zero-order chi connectivity index (χ0) is 26.3. The molecule has 0 unspecified atom stereocenters. The van der Waals surface area contributed by atoms with Gasteiger partial charge in [-0.25, -0.2) is 22.5 Å². The number of carbonyl (C=O) groups excluding carboxylic acids is 2. The highest BCUT2D eigenvalue weighted by molar-refractivity contribution is 7.89. The maximum atomic E-state index is 13.3. The first-order valence-corrected chi connectivity index (χ1v) is 13.9. The maximum Gasteiger partial charge on any atom is 0.258 e. The third-order valence-electron chi connectivity index (χ3n) is 6.58. The highest BCUT2D eigenvalue weighted by atomic mass is 32.2. The number of pyridine rings is 1. The standard InChI is InChI=1S/C25H32FN5O5S/c26-19-3-1-18(2-4-19)24(32)30-22(15-17-7-11-27-12-8-17)25(33)29-21-5-6-23(28-16-21)37(34,35)31-20-9-13-36-14-10-20/h1-6,16-17,20,22,27,31H,7-15H2,(H,29,33)(H,30,32)/t22-/m0/s1. The van der Waals surface area contributed by atoms with Gasteiger partial charge >= 0.3 is 0 Å². The molecule has 2 fully saturated rings. The Hall–Kier alpha value is -2.93. The van der Waals surface area contributed by atoms with Gasteiger partial charge in [0.1, 0.15) is 11.9 Å². The van der Waals surface area contributed by atoms with Crippen LogP contribution in [0.1, 0.15) is 42.5 Å². The first-order chi connectivity index (χ1) is 17.8. The van der Waals surface area contributed by atoms with E-state index in [1.54, 1.807) is 0 Å². The Bertz CT molecular complexity index is 1160. The van der Waals surface area contributed by atoms with E-state index in [1.807, 2.05) is 0 Å². The Balaban J connectivity index is 1.42. The fraction of sp³-hybridized carbons (Fsp3) is 0.480. The second kappa shape index (κ2) is 12.5. The molecule has 0 spiro atoms. The van der Waals surface area contributed by atoms with Crippen molar-refractivity contribution in [2.75, 3.05) is 31.6 Å². The summed E-state index contributed by atoms with van der Waals surface area (Å²) in [5.74, 6) is -1.13. The van der Waals surface area contributed by atoms with Crippen LogP contribution in [-0.2, 0) is 19.6 Å². The lowest BCUT2D eigenvalue weighted by atomic mass is 9.90. The van der Waals surface area contributed by atoms with E-state index in [-0.39, 0.29) is 22.5 Å². The molecule has 0 radical (unpaired) electrons. The Labute approximate surface area is 215 Å². The van der Waals surface area contributed by atoms with Gasteiger partial charge in [0.15, 0.2) is 5.03 Å². The van der Waals surface area contributed by atoms with Gasteiger partial charge < -0.3 is 20.7 Å². The molecule has 2 aliphatic heterocycles. The summed E-state index contributed by atoms with van der Waals surface area (Å²) in [4.78, 5) is 30.0. The molecule has 1 aromatic carbocycles. The van der Waals surface area contributed by atoms with Crippen molar-refractivity contribution in [2.24, 2.45) is 5.92 Å². The Kier molecular flexibility index (Phi) is 9.19. The average Bonchev–Trinajstić information content (AvgIpc) is 2.90. The van der Waals surface area contributed by atoms with Crippen molar-refractivity contribution >= 4 is 27.5 Å². The topological polar surface area (TPSA) is 139 Å². The van der Waals surface area contributed by atoms with Gasteiger partial charge in [0.05, 0.1) is 11.9 Å². The molecule has 4 N–H and O–H groups in total. The van der Waals surface area contributed by atoms with E-state index in [0.29, 0.717) is 38.2 Å². The quantitative estimate of drug-likeness (QED) is 0.386. The SMILES string of the molecule is O=C(N[C@@H](CC1CCNCC1)C(=O)Nc1ccc(S(=O)(=O)NC2CCOCC2)nc1)c1ccc(F)cc1. The van der Waals surface area contributed by atoms with Gasteiger partial charge in [-0.3, -0.25) is 9.59 Å². The Morgan fingerprint density at radius 2 is 1.76 bits per heavy atom. The van der Waals surface area contributed by atoms with Gasteiger partial charge in [0, 0.05) is 24.8 Å². The molecule has 0 saturated carbocycles. The van der Waals surface area contributed by atoms with Gasteiger partial charge in [-0.15, -0.1) is 0 Å². The molecule has 1 atom stereocenters. The van der Waals surface area contributed by atoms with E-state index in [2.05, 4.69) is 25.7 Å². The first kappa shape index (κ1) is 27.1. The predicted molar refractivity (Wildman–Crippen MR) is 135 cm³/mol. The molecule has 200 valence electrons. The molecule has 10 nitrogen and oxygen atoms in total. The van der Waals surface area contributed by atoms with Crippen LogP contribution in [0.25, 0.3) is 0 Å². The monoisotopic (exact) mass is 533 g/mol. The number of hydrogen-bond acceptors (Lipinski definition) is 7. The molecular weight excluding hydrogens is 501 g/mol. The summed E-state index contributed by atoms with van der Waals surface area (Å²) in [5, 5.41) is 8.64. The number of halogens is 1. The highest BCUT2D eigenvalue weighted by Crippen LogP contribution is 2.20. The van der Waals surface area contributed by atoms with Crippen molar-refractivity contribution in [1.82, 2.24) is 20.3 Å². The lowest BCUT2D eigenvalue weighted by molar-refractivity contribution is -0.118. The number of hydrogen-bond donors (Lipinski definition) is 4. The van der Waals surface area contributed by atoms with Crippen LogP contribution in [0, 0.1) is 11.7 Å². The van der Waals surface area contributed by atoms with E-state index in [9.17, 15) is 22.4 Å². The molecule has 2 amide bonds. The van der Waals surface area contributed by atoms with Crippen LogP contribution in [0.3, 0.4) is 0 Å². The van der Waals surface area contributed by atoms with E-state index >= 15 is 0 Å². The summed E-state index contributed by atoms with van der Waals surface area (Å²) in [7, 11) is -3.81. The fourth-order valence-electron chi connectivity index (χ4n) is 4.46. The van der Waals surface area contributed by atoms with Crippen LogP contribution < -0.4 is 20.7 Å². The van der Waals surface area contributed by atoms with E-state index < -0.39 is 33.7 Å². The van der Waals surface area contributed by atoms with Crippen molar-refractivity contribution in [3.63, 3.8) is 0 Å². The van der Waals surface area contributed by atoms with Gasteiger partial charge in [-0.05, 0) is 87.5 Å². The van der Waals surface area contributed by atoms with Gasteiger partial charge in [-0.1, -0.05) is 0 Å². The van der Waals surface area contributed by atoms with Crippen molar-refractivity contribution < 1.29 is 27.1 Å². The summed E-state index contributed by atoms with van der Waals surface area (Å²) >= 11 is 0. The molecule has 0 aliphatic carbocycles. The lowest BCUT2D eigenvalue weighted by Crippen LogP contribution is -2.46. The highest BCUT2D eigenvalue weighted by Gasteiger charge is 2.27. The molecule has 2 aromatic rings. The predicted octanol–water partition coefficient (Wildman–Crippen LogP) is 1.80. The first-order valence-electron chi connectivity index (χ1n) is 12.4. The summed E-state index contributed by atoms with van der Waals surface area (Å²) in [6, 6.07) is 6.86. The number of sulfonamides is 1. The molecule has 37 heavy (non-hydrogen) atoms. The minimum absolute atomic E-state index is 0.146. The summed E-state index contributed by atoms with van der Waals surface area (Å²) in [6.07, 6.45) is 4.66. The average molecular weight is 534 g/mol. The summed E-state index contributed by atoms with van der Waals surface area (Å²) in [5.41, 5.74) is 0.555. The second-order valence-corrected chi connectivity index (χ2v) is 11.0. The van der Waals surface area contributed by atoms with Crippen LogP contribution in [-0.4, -0.2) is 63.6 Å². The molecule has 1 aromatic heterocycles. The molecule has 4 rings (SSSR count). The van der Waals surface area contributed by atoms with Crippen molar-refractivity contribution in [3.8, 4) is 0 Å². The van der Waals surface area contributed by atoms with Gasteiger partial charge in [0.25, 0.3) is 15.9 Å². The zero-order valence-corrected chi connectivity index (χ0v) is 21.2. The number of nitrogens with one attached hydrogen (secondary N) is 4. The van der Waals surface area contributed by atoms with Crippen molar-refractivity contribution in [2.45, 2.75) is 49.2 Å². The van der Waals surface area contributed by atoms with Crippen LogP contribution in [0.15, 0.2) is 47.6 Å². The largest absolute Gasteiger partial charge is 0.381 e. The number of amides is 2. The summed E-state index contributed by atoms with van der Waals surface area (Å²) < 4.78 is 46.5. The Morgan fingerprint density at radius 3 is 2.41 bits per heavy atom.